The van der Waals surface area contributed by atoms with Gasteiger partial charge in [-0.25, -0.2) is 9.78 Å². The quantitative estimate of drug-likeness (QED) is 0.140. The Morgan fingerprint density at radius 1 is 1.06 bits per heavy atom. The molecule has 3 heterocycles. The third-order valence-electron chi connectivity index (χ3n) is 7.28. The van der Waals surface area contributed by atoms with Gasteiger partial charge in [0.1, 0.15) is 17.3 Å². The lowest BCUT2D eigenvalue weighted by molar-refractivity contribution is -0.295. The first kappa shape index (κ1) is 37.6. The van der Waals surface area contributed by atoms with Crippen LogP contribution in [0.1, 0.15) is 77.3 Å². The number of rotatable bonds is 8. The number of halogens is 6. The van der Waals surface area contributed by atoms with E-state index in [2.05, 4.69) is 20.5 Å². The topological polar surface area (TPSA) is 118 Å². The van der Waals surface area contributed by atoms with Crippen LogP contribution >= 0.6 is 0 Å². The average molecular weight is 701 g/mol. The van der Waals surface area contributed by atoms with Crippen molar-refractivity contribution in [3.63, 3.8) is 0 Å². The molecule has 268 valence electrons. The Kier molecular flexibility index (Phi) is 11.6. The second-order valence-corrected chi connectivity index (χ2v) is 12.4. The fourth-order valence-electron chi connectivity index (χ4n) is 4.76. The summed E-state index contributed by atoms with van der Waals surface area (Å²) in [6, 6.07) is 8.61. The number of unbranched alkanes of at least 4 members (excludes halogenated alkanes) is 1. The standard InChI is InChI=1S/C33H38F6N4O6/c1-6-7-17-45-24-15-11-12-16-31(33(37,38)39,46-19-21-13-9-8-10-14-21)28-43-42-27(48-28)25-23(40-29(44)49-30(3,4)5)18-22(32(34,35)36)26(41-25)47-20(24)2/h8-14,18,20,24H,6-7,15-17,19H2,1-5H3,(H,40,44)/b12-11+/t20-,24?,31-/m1/s1. The molecule has 1 aliphatic rings. The van der Waals surface area contributed by atoms with Gasteiger partial charge in [0.25, 0.3) is 11.8 Å². The zero-order valence-corrected chi connectivity index (χ0v) is 27.6. The summed E-state index contributed by atoms with van der Waals surface area (Å²) in [4.78, 5) is 16.7. The number of amides is 1. The zero-order chi connectivity index (χ0) is 36.0. The Morgan fingerprint density at radius 2 is 1.78 bits per heavy atom. The van der Waals surface area contributed by atoms with Crippen molar-refractivity contribution in [3.8, 4) is 17.5 Å². The average Bonchev–Trinajstić information content (AvgIpc) is 3.48. The van der Waals surface area contributed by atoms with Crippen LogP contribution in [0.4, 0.5) is 36.8 Å². The van der Waals surface area contributed by atoms with E-state index in [9.17, 15) is 18.0 Å². The molecule has 0 aliphatic carbocycles. The van der Waals surface area contributed by atoms with E-state index in [0.717, 1.165) is 6.42 Å². The van der Waals surface area contributed by atoms with Crippen molar-refractivity contribution in [2.45, 2.75) is 103 Å². The number of fused-ring (bicyclic) bond motifs is 5. The van der Waals surface area contributed by atoms with Gasteiger partial charge in [0, 0.05) is 13.0 Å². The maximum absolute atomic E-state index is 15.2. The summed E-state index contributed by atoms with van der Waals surface area (Å²) in [5, 5.41) is 9.56. The van der Waals surface area contributed by atoms with E-state index >= 15 is 13.2 Å². The molecule has 0 radical (unpaired) electrons. The second-order valence-electron chi connectivity index (χ2n) is 12.4. The van der Waals surface area contributed by atoms with Gasteiger partial charge in [-0.15, -0.1) is 10.2 Å². The van der Waals surface area contributed by atoms with E-state index in [1.807, 2.05) is 6.92 Å². The maximum Gasteiger partial charge on any atom is 0.426 e. The van der Waals surface area contributed by atoms with Gasteiger partial charge >= 0.3 is 18.4 Å². The number of nitrogens with zero attached hydrogens (tertiary/aromatic N) is 3. The molecule has 1 N–H and O–H groups in total. The lowest BCUT2D eigenvalue weighted by atomic mass is 9.97. The molecule has 0 saturated heterocycles. The Labute approximate surface area is 279 Å². The predicted octanol–water partition coefficient (Wildman–Crippen LogP) is 8.77. The number of hydrogen-bond acceptors (Lipinski definition) is 9. The number of ether oxygens (including phenoxy) is 4. The minimum Gasteiger partial charge on any atom is -0.471 e. The Hall–Kier alpha value is -4.18. The molecule has 0 saturated carbocycles. The molecule has 10 nitrogen and oxygen atoms in total. The summed E-state index contributed by atoms with van der Waals surface area (Å²) in [5.74, 6) is -2.73. The Balaban J connectivity index is 1.93. The van der Waals surface area contributed by atoms with Crippen LogP contribution in [0, 0.1) is 0 Å². The highest BCUT2D eigenvalue weighted by Crippen LogP contribution is 2.47. The van der Waals surface area contributed by atoms with Crippen molar-refractivity contribution in [2.75, 3.05) is 11.9 Å². The molecule has 3 atom stereocenters. The van der Waals surface area contributed by atoms with Crippen LogP contribution < -0.4 is 10.1 Å². The molecule has 2 aromatic heterocycles. The number of anilines is 1. The maximum atomic E-state index is 15.2. The first-order valence-electron chi connectivity index (χ1n) is 15.6. The first-order chi connectivity index (χ1) is 22.9. The molecule has 1 amide bonds. The van der Waals surface area contributed by atoms with Gasteiger partial charge in [-0.05, 0) is 52.2 Å². The smallest absolute Gasteiger partial charge is 0.426 e. The molecule has 0 spiro atoms. The largest absolute Gasteiger partial charge is 0.471 e. The molecule has 16 heteroatoms. The van der Waals surface area contributed by atoms with Gasteiger partial charge < -0.3 is 23.4 Å². The lowest BCUT2D eigenvalue weighted by Gasteiger charge is -2.32. The van der Waals surface area contributed by atoms with Crippen molar-refractivity contribution < 1.29 is 54.5 Å². The van der Waals surface area contributed by atoms with Crippen molar-refractivity contribution >= 4 is 11.8 Å². The minimum atomic E-state index is -5.13. The normalized spacial score (nSPS) is 21.0. The minimum absolute atomic E-state index is 0.0287. The number of carbonyl (C=O) groups excluding carboxylic acids is 1. The second kappa shape index (κ2) is 15.2. The number of pyridine rings is 1. The molecule has 1 unspecified atom stereocenters. The van der Waals surface area contributed by atoms with Crippen molar-refractivity contribution in [1.29, 1.82) is 0 Å². The van der Waals surface area contributed by atoms with E-state index in [0.29, 0.717) is 18.1 Å². The van der Waals surface area contributed by atoms with Gasteiger partial charge in [-0.3, -0.25) is 5.32 Å². The fourth-order valence-corrected chi connectivity index (χ4v) is 4.76. The molecular formula is C33H38F6N4O6. The molecule has 49 heavy (non-hydrogen) atoms. The van der Waals surface area contributed by atoms with Crippen LogP contribution in [0.3, 0.4) is 0 Å². The van der Waals surface area contributed by atoms with Crippen LogP contribution in [0.5, 0.6) is 5.88 Å². The van der Waals surface area contributed by atoms with Crippen molar-refractivity contribution in [2.24, 2.45) is 0 Å². The first-order valence-corrected chi connectivity index (χ1v) is 15.6. The Morgan fingerprint density at radius 3 is 2.41 bits per heavy atom. The van der Waals surface area contributed by atoms with E-state index in [-0.39, 0.29) is 13.0 Å². The van der Waals surface area contributed by atoms with Crippen LogP contribution in [0.15, 0.2) is 53.0 Å². The van der Waals surface area contributed by atoms with Gasteiger partial charge in [-0.1, -0.05) is 55.8 Å². The van der Waals surface area contributed by atoms with Crippen LogP contribution in [0.25, 0.3) is 11.6 Å². The molecule has 4 bridgehead atoms. The van der Waals surface area contributed by atoms with E-state index in [1.54, 1.807) is 30.3 Å². The van der Waals surface area contributed by atoms with Crippen LogP contribution in [-0.2, 0) is 32.6 Å². The number of carbonyl (C=O) groups is 1. The zero-order valence-electron chi connectivity index (χ0n) is 27.6. The monoisotopic (exact) mass is 700 g/mol. The number of nitrogens with one attached hydrogen (secondary N) is 1. The predicted molar refractivity (Wildman–Crippen MR) is 164 cm³/mol. The molecule has 1 aromatic carbocycles. The lowest BCUT2D eigenvalue weighted by Crippen LogP contribution is -2.45. The highest BCUT2D eigenvalue weighted by Gasteiger charge is 2.61. The van der Waals surface area contributed by atoms with Crippen molar-refractivity contribution in [3.05, 3.63) is 65.6 Å². The van der Waals surface area contributed by atoms with Gasteiger partial charge in [0.15, 0.2) is 5.69 Å². The van der Waals surface area contributed by atoms with Gasteiger partial charge in [0.2, 0.25) is 11.5 Å². The number of aromatic nitrogens is 3. The Bertz CT molecular complexity index is 1590. The number of hydrogen-bond donors (Lipinski definition) is 1. The summed E-state index contributed by atoms with van der Waals surface area (Å²) >= 11 is 0. The van der Waals surface area contributed by atoms with Crippen molar-refractivity contribution in [1.82, 2.24) is 15.2 Å². The molecule has 3 aromatic rings. The highest BCUT2D eigenvalue weighted by molar-refractivity contribution is 5.89. The summed E-state index contributed by atoms with van der Waals surface area (Å²) < 4.78 is 117. The highest BCUT2D eigenvalue weighted by atomic mass is 19.4. The SMILES string of the molecule is CCCCOC1C/C=C/C[C@](OCc2ccccc2)(C(F)(F)F)c2nnc(o2)-c2nc(c(C(F)(F)F)cc2NC(=O)OC(C)(C)C)O[C@@H]1C. The van der Waals surface area contributed by atoms with E-state index in [1.165, 1.54) is 39.8 Å². The fraction of sp³-hybridized carbons (Fsp3) is 0.515. The number of benzene rings is 1. The molecule has 1 aliphatic heterocycles. The molecular weight excluding hydrogens is 662 g/mol. The third kappa shape index (κ3) is 9.50. The third-order valence-corrected chi connectivity index (χ3v) is 7.28. The summed E-state index contributed by atoms with van der Waals surface area (Å²) in [5.41, 5.74) is -6.46. The summed E-state index contributed by atoms with van der Waals surface area (Å²) in [6.45, 7) is 7.67. The van der Waals surface area contributed by atoms with Gasteiger partial charge in [0.05, 0.1) is 18.4 Å². The molecule has 4 rings (SSSR count). The van der Waals surface area contributed by atoms with Crippen LogP contribution in [-0.4, -0.2) is 51.9 Å². The molecule has 0 fully saturated rings. The summed E-state index contributed by atoms with van der Waals surface area (Å²) in [6.07, 6.45) is -10.2. The number of alkyl halides is 6. The summed E-state index contributed by atoms with van der Waals surface area (Å²) in [7, 11) is 0. The van der Waals surface area contributed by atoms with E-state index in [4.69, 9.17) is 23.4 Å². The van der Waals surface area contributed by atoms with Gasteiger partial charge in [-0.2, -0.15) is 26.3 Å². The van der Waals surface area contributed by atoms with Crippen LogP contribution in [0.2, 0.25) is 0 Å². The van der Waals surface area contributed by atoms with E-state index < -0.39 is 89.5 Å².